The van der Waals surface area contributed by atoms with Crippen LogP contribution in [0.5, 0.6) is 0 Å². The Morgan fingerprint density at radius 1 is 1.27 bits per heavy atom. The Kier molecular flexibility index (Phi) is 8.03. The molecule has 2 aliphatic rings. The molecule has 0 radical (unpaired) electrons. The van der Waals surface area contributed by atoms with Crippen molar-refractivity contribution in [1.82, 2.24) is 20.0 Å². The molecule has 0 spiro atoms. The third kappa shape index (κ3) is 4.82. The van der Waals surface area contributed by atoms with Gasteiger partial charge >= 0.3 is 0 Å². The van der Waals surface area contributed by atoms with Gasteiger partial charge in [-0.15, -0.1) is 0 Å². The van der Waals surface area contributed by atoms with E-state index in [-0.39, 0.29) is 18.4 Å². The van der Waals surface area contributed by atoms with E-state index in [4.69, 9.17) is 12.2 Å². The van der Waals surface area contributed by atoms with Crippen LogP contribution < -0.4 is 5.32 Å². The van der Waals surface area contributed by atoms with Crippen molar-refractivity contribution < 1.29 is 9.59 Å². The second-order valence-corrected chi connectivity index (χ2v) is 7.38. The van der Waals surface area contributed by atoms with Gasteiger partial charge in [0.15, 0.2) is 5.11 Å². The van der Waals surface area contributed by atoms with Gasteiger partial charge in [0.25, 0.3) is 5.91 Å². The normalized spacial score (nSPS) is 20.6. The van der Waals surface area contributed by atoms with E-state index in [9.17, 15) is 9.59 Å². The van der Waals surface area contributed by atoms with Crippen molar-refractivity contribution in [2.75, 3.05) is 39.8 Å². The van der Waals surface area contributed by atoms with Crippen LogP contribution in [0.3, 0.4) is 0 Å². The molecule has 2 aliphatic heterocycles. The molecule has 1 atom stereocenters. The molecule has 6 nitrogen and oxygen atoms in total. The number of unbranched alkanes of at least 4 members (excludes halogenated alkanes) is 4. The van der Waals surface area contributed by atoms with Crippen LogP contribution in [0.4, 0.5) is 0 Å². The number of piperazine rings is 1. The number of carbonyl (C=O) groups excluding carboxylic acids is 2. The number of carbonyl (C=O) groups is 2. The number of nitrogens with one attached hydrogen (secondary N) is 1. The maximum Gasteiger partial charge on any atom is 0.256 e. The minimum Gasteiger partial charge on any atom is -0.349 e. The predicted molar refractivity (Wildman–Crippen MR) is 108 cm³/mol. The average molecular weight is 381 g/mol. The van der Waals surface area contributed by atoms with Crippen LogP contribution in [0.1, 0.15) is 46.0 Å². The quantitative estimate of drug-likeness (QED) is 0.395. The molecule has 2 amide bonds. The van der Waals surface area contributed by atoms with Crippen LogP contribution in [-0.2, 0) is 9.59 Å². The van der Waals surface area contributed by atoms with Crippen LogP contribution in [0.2, 0.25) is 0 Å². The number of rotatable bonds is 8. The summed E-state index contributed by atoms with van der Waals surface area (Å²) in [5.74, 6) is -0.153. The SMILES string of the molecule is CCCCCCCN(CC)C(=S)N1CC(=O)N(C)C(C2=CCNC2)C1=O. The highest BCUT2D eigenvalue weighted by Crippen LogP contribution is 2.21. The van der Waals surface area contributed by atoms with Gasteiger partial charge in [0, 0.05) is 33.2 Å². The fraction of sp³-hybridized carbons (Fsp3) is 0.737. The predicted octanol–water partition coefficient (Wildman–Crippen LogP) is 1.76. The first kappa shape index (κ1) is 20.8. The standard InChI is InChI=1S/C19H32N4O2S/c1-4-6-7-8-9-12-22(5-2)19(26)23-14-16(24)21(3)17(18(23)25)15-10-11-20-13-15/h10,17,20H,4-9,11-14H2,1-3H3. The summed E-state index contributed by atoms with van der Waals surface area (Å²) in [7, 11) is 1.70. The molecule has 1 N–H and O–H groups in total. The summed E-state index contributed by atoms with van der Waals surface area (Å²) in [6.07, 6.45) is 7.94. The molecule has 7 heteroatoms. The third-order valence-electron chi connectivity index (χ3n) is 5.18. The second-order valence-electron chi connectivity index (χ2n) is 7.02. The maximum absolute atomic E-state index is 13.1. The van der Waals surface area contributed by atoms with Crippen molar-refractivity contribution in [3.63, 3.8) is 0 Å². The molecule has 0 aromatic carbocycles. The molecular weight excluding hydrogens is 348 g/mol. The van der Waals surface area contributed by atoms with Crippen molar-refractivity contribution in [1.29, 1.82) is 0 Å². The molecule has 1 saturated heterocycles. The van der Waals surface area contributed by atoms with Crippen LogP contribution >= 0.6 is 12.2 Å². The number of amides is 2. The largest absolute Gasteiger partial charge is 0.349 e. The van der Waals surface area contributed by atoms with Crippen molar-refractivity contribution in [2.24, 2.45) is 0 Å². The van der Waals surface area contributed by atoms with Crippen molar-refractivity contribution in [3.05, 3.63) is 11.6 Å². The summed E-state index contributed by atoms with van der Waals surface area (Å²) in [4.78, 5) is 30.7. The number of hydrogen-bond acceptors (Lipinski definition) is 4. The molecule has 0 saturated carbocycles. The highest BCUT2D eigenvalue weighted by Gasteiger charge is 2.42. The highest BCUT2D eigenvalue weighted by molar-refractivity contribution is 7.80. The average Bonchev–Trinajstić information content (AvgIpc) is 3.15. The lowest BCUT2D eigenvalue weighted by atomic mass is 10.0. The van der Waals surface area contributed by atoms with E-state index in [1.807, 2.05) is 13.0 Å². The monoisotopic (exact) mass is 380 g/mol. The van der Waals surface area contributed by atoms with Gasteiger partial charge in [-0.2, -0.15) is 0 Å². The molecule has 2 heterocycles. The Morgan fingerprint density at radius 2 is 2.00 bits per heavy atom. The molecule has 1 unspecified atom stereocenters. The van der Waals surface area contributed by atoms with Gasteiger partial charge in [-0.1, -0.05) is 38.7 Å². The molecule has 1 fully saturated rings. The Labute approximate surface area is 162 Å². The summed E-state index contributed by atoms with van der Waals surface area (Å²) in [6, 6.07) is -0.535. The first-order valence-electron chi connectivity index (χ1n) is 9.76. The van der Waals surface area contributed by atoms with Gasteiger partial charge in [0.2, 0.25) is 5.91 Å². The number of likely N-dealkylation sites (N-methyl/N-ethyl adjacent to an activating group) is 1. The first-order valence-corrected chi connectivity index (χ1v) is 10.2. The summed E-state index contributed by atoms with van der Waals surface area (Å²) >= 11 is 5.62. The van der Waals surface area contributed by atoms with E-state index in [1.54, 1.807) is 11.9 Å². The minimum absolute atomic E-state index is 0.0394. The third-order valence-corrected chi connectivity index (χ3v) is 5.66. The minimum atomic E-state index is -0.535. The molecule has 0 aromatic rings. The Hall–Kier alpha value is -1.47. The molecule has 146 valence electrons. The Morgan fingerprint density at radius 3 is 2.62 bits per heavy atom. The molecular formula is C19H32N4O2S. The summed E-state index contributed by atoms with van der Waals surface area (Å²) in [5, 5.41) is 3.70. The first-order chi connectivity index (χ1) is 12.5. The van der Waals surface area contributed by atoms with E-state index in [0.717, 1.165) is 31.6 Å². The molecule has 0 aromatic heterocycles. The van der Waals surface area contributed by atoms with Crippen molar-refractivity contribution in [3.8, 4) is 0 Å². The van der Waals surface area contributed by atoms with Gasteiger partial charge in [0.05, 0.1) is 0 Å². The molecule has 0 aliphatic carbocycles. The fourth-order valence-electron chi connectivity index (χ4n) is 3.52. The number of nitrogens with zero attached hydrogens (tertiary/aromatic N) is 3. The topological polar surface area (TPSA) is 55.9 Å². The van der Waals surface area contributed by atoms with Crippen LogP contribution in [0.25, 0.3) is 0 Å². The summed E-state index contributed by atoms with van der Waals surface area (Å²) in [6.45, 7) is 7.25. The number of hydrogen-bond donors (Lipinski definition) is 1. The Balaban J connectivity index is 2.03. The van der Waals surface area contributed by atoms with Gasteiger partial charge in [-0.25, -0.2) is 0 Å². The zero-order valence-electron chi connectivity index (χ0n) is 16.3. The zero-order chi connectivity index (χ0) is 19.1. The van der Waals surface area contributed by atoms with E-state index >= 15 is 0 Å². The van der Waals surface area contributed by atoms with Gasteiger partial charge < -0.3 is 15.1 Å². The molecule has 2 rings (SSSR count). The van der Waals surface area contributed by atoms with Crippen molar-refractivity contribution in [2.45, 2.75) is 52.0 Å². The summed E-state index contributed by atoms with van der Waals surface area (Å²) < 4.78 is 0. The van der Waals surface area contributed by atoms with E-state index in [2.05, 4.69) is 17.1 Å². The smallest absolute Gasteiger partial charge is 0.256 e. The highest BCUT2D eigenvalue weighted by atomic mass is 32.1. The Bertz CT molecular complexity index is 564. The van der Waals surface area contributed by atoms with Gasteiger partial charge in [-0.05, 0) is 31.1 Å². The second kappa shape index (κ2) is 10.0. The fourth-order valence-corrected chi connectivity index (χ4v) is 3.89. The molecule has 0 bridgehead atoms. The number of thiocarbonyl (C=S) groups is 1. The lowest BCUT2D eigenvalue weighted by Crippen LogP contribution is -2.62. The van der Waals surface area contributed by atoms with E-state index in [1.165, 1.54) is 30.6 Å². The van der Waals surface area contributed by atoms with Crippen LogP contribution in [-0.4, -0.2) is 77.4 Å². The van der Waals surface area contributed by atoms with Crippen LogP contribution in [0.15, 0.2) is 11.6 Å². The van der Waals surface area contributed by atoms with Crippen molar-refractivity contribution >= 4 is 29.1 Å². The maximum atomic E-state index is 13.1. The zero-order valence-corrected chi connectivity index (χ0v) is 17.1. The van der Waals surface area contributed by atoms with Gasteiger partial charge in [0.1, 0.15) is 12.6 Å². The van der Waals surface area contributed by atoms with Crippen LogP contribution in [0, 0.1) is 0 Å². The molecule has 26 heavy (non-hydrogen) atoms. The lowest BCUT2D eigenvalue weighted by molar-refractivity contribution is -0.149. The summed E-state index contributed by atoms with van der Waals surface area (Å²) in [5.41, 5.74) is 0.959. The van der Waals surface area contributed by atoms with E-state index < -0.39 is 6.04 Å². The lowest BCUT2D eigenvalue weighted by Gasteiger charge is -2.41. The van der Waals surface area contributed by atoms with Gasteiger partial charge in [-0.3, -0.25) is 14.5 Å². The van der Waals surface area contributed by atoms with E-state index in [0.29, 0.717) is 11.7 Å².